The van der Waals surface area contributed by atoms with Crippen LogP contribution in [0.15, 0.2) is 97.1 Å². The van der Waals surface area contributed by atoms with Crippen molar-refractivity contribution in [3.63, 3.8) is 0 Å². The first-order valence-corrected chi connectivity index (χ1v) is 32.0. The van der Waals surface area contributed by atoms with Gasteiger partial charge in [-0.2, -0.15) is 12.1 Å². The van der Waals surface area contributed by atoms with Crippen molar-refractivity contribution < 1.29 is 20.8 Å². The van der Waals surface area contributed by atoms with Crippen molar-refractivity contribution in [2.75, 3.05) is 0 Å². The van der Waals surface area contributed by atoms with E-state index >= 15 is 0 Å². The Morgan fingerprint density at radius 2 is 0.885 bits per heavy atom. The molecule has 8 aliphatic rings. The molecule has 4 heteroatoms. The number of benzene rings is 4. The molecule has 316 valence electrons. The minimum atomic E-state index is -0.826. The first-order valence-electron chi connectivity index (χ1n) is 23.7. The second-order valence-corrected chi connectivity index (χ2v) is 25.6. The van der Waals surface area contributed by atoms with E-state index < -0.39 is 20.8 Å². The van der Waals surface area contributed by atoms with Crippen LogP contribution in [0.4, 0.5) is 0 Å². The van der Waals surface area contributed by atoms with E-state index in [1.807, 2.05) is 0 Å². The Balaban J connectivity index is 0.000000139. The van der Waals surface area contributed by atoms with Crippen LogP contribution in [0.5, 0.6) is 0 Å². The Morgan fingerprint density at radius 1 is 0.541 bits per heavy atom. The molecule has 0 atom stereocenters. The normalized spacial score (nSPS) is 28.7. The van der Waals surface area contributed by atoms with Crippen LogP contribution in [-0.4, -0.2) is 9.52 Å². The fourth-order valence-corrected chi connectivity index (χ4v) is 14.7. The zero-order valence-corrected chi connectivity index (χ0v) is 42.6. The zero-order valence-electron chi connectivity index (χ0n) is 37.7. The van der Waals surface area contributed by atoms with E-state index in [1.165, 1.54) is 143 Å². The van der Waals surface area contributed by atoms with Crippen LogP contribution in [0, 0.1) is 56.3 Å². The summed E-state index contributed by atoms with van der Waals surface area (Å²) in [6.07, 6.45) is 19.0. The quantitative estimate of drug-likeness (QED) is 0.119. The number of hydrogen-bond donors (Lipinski definition) is 0. The topological polar surface area (TPSA) is 0 Å². The van der Waals surface area contributed by atoms with E-state index in [4.69, 9.17) is 17.0 Å². The molecule has 0 aromatic heterocycles. The molecule has 61 heavy (non-hydrogen) atoms. The molecule has 6 aromatic carbocycles. The van der Waals surface area contributed by atoms with Gasteiger partial charge in [-0.05, 0) is 152 Å². The van der Waals surface area contributed by atoms with Gasteiger partial charge in [-0.25, -0.2) is 0 Å². The third kappa shape index (κ3) is 8.70. The van der Waals surface area contributed by atoms with E-state index in [0.717, 1.165) is 51.4 Å². The van der Waals surface area contributed by atoms with Gasteiger partial charge in [0.15, 0.2) is 0 Å². The van der Waals surface area contributed by atoms with Crippen molar-refractivity contribution in [1.82, 2.24) is 0 Å². The molecule has 0 aliphatic heterocycles. The van der Waals surface area contributed by atoms with Gasteiger partial charge in [0.2, 0.25) is 0 Å². The van der Waals surface area contributed by atoms with E-state index in [2.05, 4.69) is 138 Å². The fraction of sp³-hybridized carbons (Fsp3) is 0.474. The molecule has 6 aromatic rings. The number of aryl methyl sites for hydroxylation is 4. The van der Waals surface area contributed by atoms with Gasteiger partial charge < -0.3 is 0 Å². The summed E-state index contributed by atoms with van der Waals surface area (Å²) in [5.74, 6) is 6.08. The molecular weight excluding hydrogens is 875 g/mol. The van der Waals surface area contributed by atoms with Gasteiger partial charge in [0.05, 0.1) is 0 Å². The molecule has 2 radical (unpaired) electrons. The van der Waals surface area contributed by atoms with Gasteiger partial charge in [-0.3, -0.25) is 0 Å². The van der Waals surface area contributed by atoms with Crippen LogP contribution < -0.4 is 0 Å². The first kappa shape index (κ1) is 44.0. The molecule has 0 saturated heterocycles. The molecule has 0 heterocycles. The average Bonchev–Trinajstić information content (AvgIpc) is 3.86. The minimum absolute atomic E-state index is 0.506. The molecule has 0 nitrogen and oxygen atoms in total. The summed E-state index contributed by atoms with van der Waals surface area (Å²) in [4.78, 5) is 0. The van der Waals surface area contributed by atoms with Crippen molar-refractivity contribution in [1.29, 1.82) is 0 Å². The van der Waals surface area contributed by atoms with Gasteiger partial charge in [0.25, 0.3) is 0 Å². The molecule has 0 amide bonds. The van der Waals surface area contributed by atoms with Gasteiger partial charge >= 0.3 is 37.9 Å². The van der Waals surface area contributed by atoms with E-state index in [9.17, 15) is 0 Å². The summed E-state index contributed by atoms with van der Waals surface area (Å²) in [6, 6.07) is 38.3. The van der Waals surface area contributed by atoms with Crippen LogP contribution in [0.2, 0.25) is 13.1 Å². The summed E-state index contributed by atoms with van der Waals surface area (Å²) < 4.78 is 0. The summed E-state index contributed by atoms with van der Waals surface area (Å²) in [7, 11) is 11.0. The first-order chi connectivity index (χ1) is 29.6. The number of rotatable bonds is 5. The van der Waals surface area contributed by atoms with Crippen LogP contribution in [-0.2, 0) is 38.1 Å². The Bertz CT molecular complexity index is 2380. The number of hydrogen-bond acceptors (Lipinski definition) is 0. The van der Waals surface area contributed by atoms with Crippen LogP contribution in [0.1, 0.15) is 117 Å². The average molecular weight is 941 g/mol. The maximum absolute atomic E-state index is 4.93. The molecular formula is C57H66Cl2SiZr. The van der Waals surface area contributed by atoms with Crippen LogP contribution in [0.3, 0.4) is 0 Å². The maximum atomic E-state index is 4.93. The predicted octanol–water partition coefficient (Wildman–Crippen LogP) is 17.0. The fourth-order valence-electron chi connectivity index (χ4n) is 14.7. The monoisotopic (exact) mass is 938 g/mol. The van der Waals surface area contributed by atoms with E-state index in [1.54, 1.807) is 11.1 Å². The summed E-state index contributed by atoms with van der Waals surface area (Å²) in [6.45, 7) is 13.2. The van der Waals surface area contributed by atoms with Gasteiger partial charge in [0.1, 0.15) is 0 Å². The molecule has 14 rings (SSSR count). The van der Waals surface area contributed by atoms with Crippen molar-refractivity contribution in [2.45, 2.75) is 135 Å². The molecule has 0 spiro atoms. The Morgan fingerprint density at radius 3 is 1.25 bits per heavy atom. The summed E-state index contributed by atoms with van der Waals surface area (Å²) in [5.41, 5.74) is 15.4. The zero-order chi connectivity index (χ0) is 42.5. The second kappa shape index (κ2) is 18.3. The summed E-state index contributed by atoms with van der Waals surface area (Å²) >= 11 is -0.826. The van der Waals surface area contributed by atoms with Gasteiger partial charge in [0, 0.05) is 9.52 Å². The Hall–Kier alpha value is -2.22. The third-order valence-corrected chi connectivity index (χ3v) is 16.5. The summed E-state index contributed by atoms with van der Waals surface area (Å²) in [5, 5.41) is 5.68. The van der Waals surface area contributed by atoms with Crippen molar-refractivity contribution in [3.8, 4) is 22.3 Å². The van der Waals surface area contributed by atoms with Gasteiger partial charge in [-0.1, -0.05) is 113 Å². The molecule has 8 bridgehead atoms. The molecule has 8 saturated carbocycles. The van der Waals surface area contributed by atoms with Gasteiger partial charge in [-0.15, -0.1) is 68.1 Å². The Labute approximate surface area is 389 Å². The second-order valence-electron chi connectivity index (χ2n) is 20.9. The van der Waals surface area contributed by atoms with Crippen LogP contribution >= 0.6 is 17.0 Å². The molecule has 8 aliphatic carbocycles. The molecule has 8 fully saturated rings. The molecule has 0 unspecified atom stereocenters. The van der Waals surface area contributed by atoms with Crippen molar-refractivity contribution in [2.24, 2.45) is 35.5 Å². The van der Waals surface area contributed by atoms with Crippen molar-refractivity contribution >= 4 is 48.1 Å². The number of fused-ring (bicyclic) bond motifs is 2. The Kier molecular flexibility index (Phi) is 13.2. The number of halogens is 2. The SMILES string of the molecule is CCc1cc2c(-c3ccc(C45CC6CC(CC(C6)C4)C5)cc3)ccc(C)c2[cH-]1.C[Si]C.Cc1cc2c(-c3ccc(C45CC6CC(CC(C6)C4)C5)cc3)ccc(C)c2[cH-]1.[Cl][Zr+2][Cl]. The molecule has 0 N–H and O–H groups in total. The predicted molar refractivity (Wildman–Crippen MR) is 262 cm³/mol. The third-order valence-electron chi connectivity index (χ3n) is 16.5. The van der Waals surface area contributed by atoms with Crippen molar-refractivity contribution in [3.05, 3.63) is 130 Å². The van der Waals surface area contributed by atoms with E-state index in [-0.39, 0.29) is 0 Å². The van der Waals surface area contributed by atoms with E-state index in [0.29, 0.717) is 10.8 Å². The standard InChI is InChI=1S/C28H31.C27H29.C2H6Si.2ClH.Zr/c1-3-19-13-26-18(2)4-9-25(27(26)14-19)23-5-7-24(8-6-23)28-15-20-10-21(16-28)12-22(11-20)17-28;1-17-9-25-18(2)3-8-24(26(25)10-17)22-4-6-23(7-5-22)27-14-19-11-20(15-27)13-21(12-19)16-27;1-3-2;;;/h4-9,13-14,20-22H,3,10-12,15-17H2,1-2H3;3-10,19-21H,11-16H2,1-2H3;1-2H3;2*1H;/q2*-1;;;;+4/p-2. The van der Waals surface area contributed by atoms with Crippen LogP contribution in [0.25, 0.3) is 43.8 Å².